The molecule has 1 unspecified atom stereocenters. The van der Waals surface area contributed by atoms with E-state index in [2.05, 4.69) is 13.5 Å². The minimum Gasteiger partial charge on any atom is -0.429 e. The molecule has 0 aliphatic carbocycles. The summed E-state index contributed by atoms with van der Waals surface area (Å²) in [4.78, 5) is 33.0. The van der Waals surface area contributed by atoms with Crippen molar-refractivity contribution in [3.8, 4) is 0 Å². The van der Waals surface area contributed by atoms with Crippen LogP contribution >= 0.6 is 0 Å². The van der Waals surface area contributed by atoms with Gasteiger partial charge in [-0.3, -0.25) is 4.89 Å². The Labute approximate surface area is 143 Å². The van der Waals surface area contributed by atoms with Gasteiger partial charge in [-0.1, -0.05) is 63.8 Å². The van der Waals surface area contributed by atoms with Gasteiger partial charge in [0.2, 0.25) is 6.29 Å². The molecule has 0 N–H and O–H groups in total. The molecule has 0 bridgehead atoms. The van der Waals surface area contributed by atoms with Crippen LogP contribution in [0.1, 0.15) is 62.2 Å². The first-order valence-corrected chi connectivity index (χ1v) is 8.43. The van der Waals surface area contributed by atoms with Gasteiger partial charge < -0.3 is 4.74 Å². The van der Waals surface area contributed by atoms with Crippen LogP contribution in [0.4, 0.5) is 0 Å². The molecule has 0 aliphatic heterocycles. The van der Waals surface area contributed by atoms with Gasteiger partial charge in [0.05, 0.1) is 5.56 Å². The highest BCUT2D eigenvalue weighted by molar-refractivity contribution is 5.88. The lowest BCUT2D eigenvalue weighted by Crippen LogP contribution is -2.22. The zero-order valence-corrected chi connectivity index (χ0v) is 14.2. The number of hydrogen-bond donors (Lipinski definition) is 0. The number of ether oxygens (including phenoxy) is 1. The van der Waals surface area contributed by atoms with Crippen molar-refractivity contribution in [2.75, 3.05) is 0 Å². The van der Waals surface area contributed by atoms with E-state index in [1.165, 1.54) is 19.3 Å². The van der Waals surface area contributed by atoms with Crippen LogP contribution in [0.2, 0.25) is 0 Å². The zero-order chi connectivity index (χ0) is 17.6. The zero-order valence-electron chi connectivity index (χ0n) is 14.2. The number of carbonyl (C=O) groups is 2. The quantitative estimate of drug-likeness (QED) is 0.140. The third kappa shape index (κ3) is 8.48. The van der Waals surface area contributed by atoms with Gasteiger partial charge in [0.15, 0.2) is 0 Å². The van der Waals surface area contributed by atoms with Crippen molar-refractivity contribution in [2.24, 2.45) is 0 Å². The van der Waals surface area contributed by atoms with Gasteiger partial charge in [-0.25, -0.2) is 9.59 Å². The van der Waals surface area contributed by atoms with Gasteiger partial charge in [-0.05, 0) is 18.6 Å². The Kier molecular flexibility index (Phi) is 10.2. The summed E-state index contributed by atoms with van der Waals surface area (Å²) in [5.41, 5.74) is 0.367. The van der Waals surface area contributed by atoms with Gasteiger partial charge in [0.1, 0.15) is 0 Å². The van der Waals surface area contributed by atoms with Crippen LogP contribution in [0.25, 0.3) is 0 Å². The van der Waals surface area contributed by atoms with Gasteiger partial charge >= 0.3 is 11.9 Å². The van der Waals surface area contributed by atoms with Crippen molar-refractivity contribution in [1.82, 2.24) is 0 Å². The molecule has 0 heterocycles. The molecular formula is C19H26O5. The number of rotatable bonds is 12. The smallest absolute Gasteiger partial charge is 0.373 e. The van der Waals surface area contributed by atoms with E-state index in [-0.39, 0.29) is 0 Å². The average Bonchev–Trinajstić information content (AvgIpc) is 2.62. The van der Waals surface area contributed by atoms with Crippen LogP contribution in [0.5, 0.6) is 0 Å². The van der Waals surface area contributed by atoms with E-state index in [1.807, 2.05) is 0 Å². The fourth-order valence-electron chi connectivity index (χ4n) is 2.12. The van der Waals surface area contributed by atoms with Gasteiger partial charge in [-0.15, -0.1) is 4.89 Å². The highest BCUT2D eigenvalue weighted by Crippen LogP contribution is 2.13. The summed E-state index contributed by atoms with van der Waals surface area (Å²) in [6.07, 6.45) is 7.16. The predicted octanol–water partition coefficient (Wildman–Crippen LogP) is 4.58. The van der Waals surface area contributed by atoms with Crippen LogP contribution < -0.4 is 0 Å². The third-order valence-electron chi connectivity index (χ3n) is 3.45. The first-order chi connectivity index (χ1) is 11.7. The molecule has 0 aliphatic rings. The van der Waals surface area contributed by atoms with Crippen LogP contribution in [0, 0.1) is 0 Å². The van der Waals surface area contributed by atoms with Gasteiger partial charge in [0.25, 0.3) is 0 Å². The summed E-state index contributed by atoms with van der Waals surface area (Å²) in [6, 6.07) is 8.48. The molecule has 0 amide bonds. The Bertz CT molecular complexity index is 498. The monoisotopic (exact) mass is 334 g/mol. The standard InChI is InChI=1S/C19H26O5/c1-3-5-6-7-8-12-15-18(22-17(20)4-2)23-24-19(21)16-13-10-9-11-14-16/h4,9-11,13-14,18H,2-3,5-8,12,15H2,1H3. The summed E-state index contributed by atoms with van der Waals surface area (Å²) in [5, 5.41) is 0. The molecule has 0 fully saturated rings. The average molecular weight is 334 g/mol. The van der Waals surface area contributed by atoms with E-state index in [0.717, 1.165) is 25.3 Å². The normalized spacial score (nSPS) is 11.5. The number of hydrogen-bond acceptors (Lipinski definition) is 5. The van der Waals surface area contributed by atoms with Gasteiger partial charge in [0, 0.05) is 12.5 Å². The number of carbonyl (C=O) groups excluding carboxylic acids is 2. The second-order valence-electron chi connectivity index (χ2n) is 5.46. The maximum atomic E-state index is 11.8. The Hall–Kier alpha value is -2.14. The third-order valence-corrected chi connectivity index (χ3v) is 3.45. The van der Waals surface area contributed by atoms with Crippen molar-refractivity contribution in [3.05, 3.63) is 48.6 Å². The van der Waals surface area contributed by atoms with Gasteiger partial charge in [-0.2, -0.15) is 0 Å². The van der Waals surface area contributed by atoms with E-state index in [4.69, 9.17) is 14.5 Å². The SMILES string of the molecule is C=CC(=O)OC(CCCCCCCC)OOC(=O)c1ccccc1. The van der Waals surface area contributed by atoms with E-state index in [9.17, 15) is 9.59 Å². The van der Waals surface area contributed by atoms with Crippen molar-refractivity contribution >= 4 is 11.9 Å². The second-order valence-corrected chi connectivity index (χ2v) is 5.46. The first-order valence-electron chi connectivity index (χ1n) is 8.43. The summed E-state index contributed by atoms with van der Waals surface area (Å²) in [7, 11) is 0. The van der Waals surface area contributed by atoms with Crippen molar-refractivity contribution in [3.63, 3.8) is 0 Å². The molecule has 0 aromatic heterocycles. The summed E-state index contributed by atoms with van der Waals surface area (Å²) in [6.45, 7) is 5.52. The molecule has 1 rings (SSSR count). The number of benzene rings is 1. The topological polar surface area (TPSA) is 61.8 Å². The van der Waals surface area contributed by atoms with E-state index < -0.39 is 18.2 Å². The van der Waals surface area contributed by atoms with Crippen LogP contribution in [0.15, 0.2) is 43.0 Å². The molecule has 0 spiro atoms. The molecule has 0 saturated heterocycles. The number of esters is 1. The molecule has 24 heavy (non-hydrogen) atoms. The number of unbranched alkanes of at least 4 members (excludes halogenated alkanes) is 5. The van der Waals surface area contributed by atoms with E-state index in [1.54, 1.807) is 30.3 Å². The molecule has 5 nitrogen and oxygen atoms in total. The highest BCUT2D eigenvalue weighted by atomic mass is 17.2. The molecular weight excluding hydrogens is 308 g/mol. The Morgan fingerprint density at radius 1 is 1.08 bits per heavy atom. The molecule has 5 heteroatoms. The van der Waals surface area contributed by atoms with Crippen molar-refractivity contribution in [1.29, 1.82) is 0 Å². The summed E-state index contributed by atoms with van der Waals surface area (Å²) in [5.74, 6) is -1.24. The van der Waals surface area contributed by atoms with E-state index >= 15 is 0 Å². The molecule has 1 atom stereocenters. The molecule has 0 radical (unpaired) electrons. The minimum absolute atomic E-state index is 0.367. The Morgan fingerprint density at radius 3 is 2.42 bits per heavy atom. The minimum atomic E-state index is -0.922. The maximum Gasteiger partial charge on any atom is 0.373 e. The highest BCUT2D eigenvalue weighted by Gasteiger charge is 2.17. The van der Waals surface area contributed by atoms with Crippen LogP contribution in [-0.4, -0.2) is 18.2 Å². The second kappa shape index (κ2) is 12.3. The van der Waals surface area contributed by atoms with Crippen molar-refractivity contribution < 1.29 is 24.1 Å². The summed E-state index contributed by atoms with van der Waals surface area (Å²) < 4.78 is 5.06. The Balaban J connectivity index is 2.39. The van der Waals surface area contributed by atoms with Crippen LogP contribution in [-0.2, 0) is 19.3 Å². The molecule has 1 aromatic carbocycles. The fraction of sp³-hybridized carbons (Fsp3) is 0.474. The first kappa shape index (κ1) is 19.9. The predicted molar refractivity (Wildman–Crippen MR) is 91.0 cm³/mol. The van der Waals surface area contributed by atoms with Crippen LogP contribution in [0.3, 0.4) is 0 Å². The lowest BCUT2D eigenvalue weighted by Gasteiger charge is -2.15. The summed E-state index contributed by atoms with van der Waals surface area (Å²) >= 11 is 0. The lowest BCUT2D eigenvalue weighted by molar-refractivity contribution is -0.331. The maximum absolute atomic E-state index is 11.8. The van der Waals surface area contributed by atoms with E-state index in [0.29, 0.717) is 12.0 Å². The fourth-order valence-corrected chi connectivity index (χ4v) is 2.12. The largest absolute Gasteiger partial charge is 0.429 e. The molecule has 132 valence electrons. The van der Waals surface area contributed by atoms with Crippen molar-refractivity contribution in [2.45, 2.75) is 58.2 Å². The Morgan fingerprint density at radius 2 is 1.75 bits per heavy atom. The molecule has 1 aromatic rings. The molecule has 0 saturated carbocycles. The lowest BCUT2D eigenvalue weighted by atomic mass is 10.1.